The Morgan fingerprint density at radius 3 is 2.40 bits per heavy atom. The smallest absolute Gasteiger partial charge is 0.322 e. The average molecular weight is 242 g/mol. The van der Waals surface area contributed by atoms with Gasteiger partial charge in [0.2, 0.25) is 0 Å². The molecule has 0 saturated heterocycles. The fraction of sp³-hybridized carbons (Fsp3) is 0.333. The van der Waals surface area contributed by atoms with Crippen LogP contribution >= 0.6 is 11.6 Å². The van der Waals surface area contributed by atoms with E-state index < -0.39 is 24.5 Å². The summed E-state index contributed by atoms with van der Waals surface area (Å²) in [7, 11) is 0. The van der Waals surface area contributed by atoms with Crippen molar-refractivity contribution < 1.29 is 17.6 Å². The standard InChI is InChI=1S/C9H8ClF4N/c10-7-2-1-5(9(12,13)14)3-6(7)8(15)4-11/h1-3,8H,4,15H2/t8-/m1/s1. The van der Waals surface area contributed by atoms with Crippen LogP contribution in [0.1, 0.15) is 17.2 Å². The molecule has 0 aromatic heterocycles. The summed E-state index contributed by atoms with van der Waals surface area (Å²) in [4.78, 5) is 0. The zero-order valence-corrected chi connectivity index (χ0v) is 8.24. The number of nitrogens with two attached hydrogens (primary N) is 1. The number of hydrogen-bond donors (Lipinski definition) is 1. The summed E-state index contributed by atoms with van der Waals surface area (Å²) < 4.78 is 49.1. The number of halogens is 5. The van der Waals surface area contributed by atoms with Gasteiger partial charge >= 0.3 is 6.18 Å². The molecule has 0 unspecified atom stereocenters. The highest BCUT2D eigenvalue weighted by Gasteiger charge is 2.31. The Balaban J connectivity index is 3.17. The van der Waals surface area contributed by atoms with Gasteiger partial charge < -0.3 is 5.73 Å². The van der Waals surface area contributed by atoms with Crippen molar-refractivity contribution in [3.63, 3.8) is 0 Å². The topological polar surface area (TPSA) is 26.0 Å². The van der Waals surface area contributed by atoms with Crippen LogP contribution in [0.3, 0.4) is 0 Å². The van der Waals surface area contributed by atoms with Gasteiger partial charge in [-0.15, -0.1) is 0 Å². The maximum atomic E-state index is 12.3. The zero-order chi connectivity index (χ0) is 11.6. The van der Waals surface area contributed by atoms with Crippen LogP contribution in [0, 0.1) is 0 Å². The molecule has 6 heteroatoms. The van der Waals surface area contributed by atoms with Crippen molar-refractivity contribution in [1.29, 1.82) is 0 Å². The molecule has 2 N–H and O–H groups in total. The maximum absolute atomic E-state index is 12.3. The molecule has 0 aliphatic carbocycles. The molecule has 84 valence electrons. The Morgan fingerprint density at radius 2 is 1.93 bits per heavy atom. The van der Waals surface area contributed by atoms with Gasteiger partial charge in [-0.3, -0.25) is 0 Å². The van der Waals surface area contributed by atoms with Crippen LogP contribution < -0.4 is 5.73 Å². The van der Waals surface area contributed by atoms with Crippen molar-refractivity contribution in [1.82, 2.24) is 0 Å². The number of benzene rings is 1. The van der Waals surface area contributed by atoms with Crippen molar-refractivity contribution in [2.45, 2.75) is 12.2 Å². The first-order valence-electron chi connectivity index (χ1n) is 4.04. The van der Waals surface area contributed by atoms with Crippen LogP contribution in [0.5, 0.6) is 0 Å². The van der Waals surface area contributed by atoms with Gasteiger partial charge in [0.25, 0.3) is 0 Å². The molecule has 0 bridgehead atoms. The van der Waals surface area contributed by atoms with Gasteiger partial charge in [-0.05, 0) is 23.8 Å². The molecular weight excluding hydrogens is 234 g/mol. The summed E-state index contributed by atoms with van der Waals surface area (Å²) in [5, 5.41) is 0.0353. The molecule has 0 heterocycles. The van der Waals surface area contributed by atoms with E-state index in [1.807, 2.05) is 0 Å². The van der Waals surface area contributed by atoms with Crippen LogP contribution in [0.15, 0.2) is 18.2 Å². The molecule has 0 saturated carbocycles. The Hall–Kier alpha value is -0.810. The van der Waals surface area contributed by atoms with Crippen molar-refractivity contribution in [3.8, 4) is 0 Å². The minimum absolute atomic E-state index is 0.0333. The SMILES string of the molecule is N[C@H](CF)c1cc(C(F)(F)F)ccc1Cl. The first-order valence-corrected chi connectivity index (χ1v) is 4.42. The number of alkyl halides is 4. The Kier molecular flexibility index (Phi) is 3.57. The molecule has 0 spiro atoms. The predicted molar refractivity (Wildman–Crippen MR) is 49.4 cm³/mol. The lowest BCUT2D eigenvalue weighted by Gasteiger charge is -2.13. The molecule has 0 fully saturated rings. The molecule has 1 aromatic carbocycles. The van der Waals surface area contributed by atoms with Gasteiger partial charge in [0.05, 0.1) is 11.6 Å². The number of rotatable bonds is 2. The van der Waals surface area contributed by atoms with Crippen molar-refractivity contribution in [2.24, 2.45) is 5.73 Å². The summed E-state index contributed by atoms with van der Waals surface area (Å²) in [6.07, 6.45) is -4.48. The van der Waals surface area contributed by atoms with Crippen LogP contribution in [-0.4, -0.2) is 6.67 Å². The van der Waals surface area contributed by atoms with Gasteiger partial charge in [0.1, 0.15) is 6.67 Å². The van der Waals surface area contributed by atoms with Gasteiger partial charge in [-0.2, -0.15) is 13.2 Å². The zero-order valence-electron chi connectivity index (χ0n) is 7.48. The molecule has 1 aromatic rings. The van der Waals surface area contributed by atoms with E-state index in [1.165, 1.54) is 0 Å². The highest BCUT2D eigenvalue weighted by atomic mass is 35.5. The van der Waals surface area contributed by atoms with E-state index >= 15 is 0 Å². The summed E-state index contributed by atoms with van der Waals surface area (Å²) in [6, 6.07) is 1.54. The normalized spacial score (nSPS) is 14.0. The molecule has 0 aliphatic rings. The molecule has 1 rings (SSSR count). The lowest BCUT2D eigenvalue weighted by molar-refractivity contribution is -0.137. The number of hydrogen-bond acceptors (Lipinski definition) is 1. The summed E-state index contributed by atoms with van der Waals surface area (Å²) in [5.74, 6) is 0. The van der Waals surface area contributed by atoms with Gasteiger partial charge in [0.15, 0.2) is 0 Å². The third-order valence-electron chi connectivity index (χ3n) is 1.89. The van der Waals surface area contributed by atoms with Gasteiger partial charge in [-0.1, -0.05) is 11.6 Å². The van der Waals surface area contributed by atoms with Crippen molar-refractivity contribution in [2.75, 3.05) is 6.67 Å². The van der Waals surface area contributed by atoms with E-state index in [0.29, 0.717) is 0 Å². The molecule has 0 amide bonds. The fourth-order valence-corrected chi connectivity index (χ4v) is 1.35. The summed E-state index contributed by atoms with van der Waals surface area (Å²) in [6.45, 7) is -0.957. The molecule has 0 radical (unpaired) electrons. The monoisotopic (exact) mass is 241 g/mol. The third-order valence-corrected chi connectivity index (χ3v) is 2.23. The largest absolute Gasteiger partial charge is 0.416 e. The molecule has 1 nitrogen and oxygen atoms in total. The van der Waals surface area contributed by atoms with E-state index in [-0.39, 0.29) is 10.6 Å². The second kappa shape index (κ2) is 4.37. The molecule has 0 aliphatic heterocycles. The Bertz CT molecular complexity index is 350. The third kappa shape index (κ3) is 2.82. The van der Waals surface area contributed by atoms with E-state index in [9.17, 15) is 17.6 Å². The molecule has 15 heavy (non-hydrogen) atoms. The lowest BCUT2D eigenvalue weighted by atomic mass is 10.1. The maximum Gasteiger partial charge on any atom is 0.416 e. The average Bonchev–Trinajstić information content (AvgIpc) is 2.15. The minimum atomic E-state index is -4.48. The second-order valence-electron chi connectivity index (χ2n) is 2.99. The minimum Gasteiger partial charge on any atom is -0.322 e. The highest BCUT2D eigenvalue weighted by molar-refractivity contribution is 6.31. The molecule has 1 atom stereocenters. The highest BCUT2D eigenvalue weighted by Crippen LogP contribution is 2.33. The van der Waals surface area contributed by atoms with Crippen LogP contribution in [0.25, 0.3) is 0 Å². The van der Waals surface area contributed by atoms with Crippen LogP contribution in [-0.2, 0) is 6.18 Å². The van der Waals surface area contributed by atoms with Crippen LogP contribution in [0.2, 0.25) is 5.02 Å². The predicted octanol–water partition coefficient (Wildman–Crippen LogP) is 3.33. The van der Waals surface area contributed by atoms with Crippen molar-refractivity contribution in [3.05, 3.63) is 34.3 Å². The first-order chi connectivity index (χ1) is 6.86. The van der Waals surface area contributed by atoms with E-state index in [1.54, 1.807) is 0 Å². The second-order valence-corrected chi connectivity index (χ2v) is 3.40. The molecular formula is C9H8ClF4N. The quantitative estimate of drug-likeness (QED) is 0.790. The van der Waals surface area contributed by atoms with E-state index in [2.05, 4.69) is 0 Å². The summed E-state index contributed by atoms with van der Waals surface area (Å²) in [5.41, 5.74) is 4.36. The van der Waals surface area contributed by atoms with E-state index in [0.717, 1.165) is 18.2 Å². The fourth-order valence-electron chi connectivity index (χ4n) is 1.09. The van der Waals surface area contributed by atoms with Crippen molar-refractivity contribution >= 4 is 11.6 Å². The Morgan fingerprint density at radius 1 is 1.33 bits per heavy atom. The summed E-state index contributed by atoms with van der Waals surface area (Å²) >= 11 is 5.61. The van der Waals surface area contributed by atoms with E-state index in [4.69, 9.17) is 17.3 Å². The van der Waals surface area contributed by atoms with Crippen LogP contribution in [0.4, 0.5) is 17.6 Å². The Labute approximate surface area is 88.8 Å². The first kappa shape index (κ1) is 12.3. The van der Waals surface area contributed by atoms with Gasteiger partial charge in [-0.25, -0.2) is 4.39 Å². The van der Waals surface area contributed by atoms with Gasteiger partial charge in [0, 0.05) is 5.02 Å². The lowest BCUT2D eigenvalue weighted by Crippen LogP contribution is -2.14.